The molecule has 0 aromatic heterocycles. The Hall–Kier alpha value is -1.12. The van der Waals surface area contributed by atoms with Crippen molar-refractivity contribution in [2.24, 2.45) is 40.4 Å². The topological polar surface area (TPSA) is 54.4 Å². The predicted octanol–water partition coefficient (Wildman–Crippen LogP) is 6.03. The van der Waals surface area contributed by atoms with Gasteiger partial charge in [0.25, 0.3) is 0 Å². The standard InChI is InChI=1S/C25H38O3/c1-16(5-4-6-23(27)28)20-9-10-21-19-8-7-17-15-18(26)11-13-24(17,2)22(19)12-14-25(20,21)3/h15-16,19-22H,4-14H2,1-3H3,(H,27,28)/t16-,19+,20-,21+,22+,24+,25-/m1/s1. The summed E-state index contributed by atoms with van der Waals surface area (Å²) in [6, 6.07) is 0. The summed E-state index contributed by atoms with van der Waals surface area (Å²) < 4.78 is 0. The largest absolute Gasteiger partial charge is 0.481 e. The zero-order valence-electron chi connectivity index (χ0n) is 18.0. The number of rotatable bonds is 5. The predicted molar refractivity (Wildman–Crippen MR) is 111 cm³/mol. The summed E-state index contributed by atoms with van der Waals surface area (Å²) >= 11 is 0. The van der Waals surface area contributed by atoms with Crippen LogP contribution in [-0.2, 0) is 9.59 Å². The molecule has 0 amide bonds. The van der Waals surface area contributed by atoms with E-state index < -0.39 is 5.97 Å². The lowest BCUT2D eigenvalue weighted by atomic mass is 9.46. The van der Waals surface area contributed by atoms with Gasteiger partial charge in [-0.25, -0.2) is 0 Å². The molecule has 0 aromatic carbocycles. The van der Waals surface area contributed by atoms with Gasteiger partial charge >= 0.3 is 5.97 Å². The summed E-state index contributed by atoms with van der Waals surface area (Å²) in [6.07, 6.45) is 13.8. The van der Waals surface area contributed by atoms with Gasteiger partial charge in [-0.3, -0.25) is 9.59 Å². The van der Waals surface area contributed by atoms with Gasteiger partial charge in [0.1, 0.15) is 0 Å². The first kappa shape index (κ1) is 20.2. The van der Waals surface area contributed by atoms with Gasteiger partial charge in [-0.05, 0) is 104 Å². The third kappa shape index (κ3) is 3.17. The highest BCUT2D eigenvalue weighted by molar-refractivity contribution is 5.91. The van der Waals surface area contributed by atoms with Crippen molar-refractivity contribution in [2.45, 2.75) is 91.4 Å². The summed E-state index contributed by atoms with van der Waals surface area (Å²) in [5, 5.41) is 8.97. The summed E-state index contributed by atoms with van der Waals surface area (Å²) in [5.74, 6) is 3.49. The maximum Gasteiger partial charge on any atom is 0.303 e. The minimum atomic E-state index is -0.659. The zero-order chi connectivity index (χ0) is 20.1. The van der Waals surface area contributed by atoms with Gasteiger partial charge in [-0.2, -0.15) is 0 Å². The third-order valence-electron chi connectivity index (χ3n) is 9.77. The van der Waals surface area contributed by atoms with E-state index in [0.717, 1.165) is 55.8 Å². The molecule has 156 valence electrons. The minimum Gasteiger partial charge on any atom is -0.481 e. The lowest BCUT2D eigenvalue weighted by Crippen LogP contribution is -2.50. The maximum atomic E-state index is 12.0. The molecular weight excluding hydrogens is 348 g/mol. The van der Waals surface area contributed by atoms with Crippen LogP contribution in [0.25, 0.3) is 0 Å². The van der Waals surface area contributed by atoms with E-state index in [4.69, 9.17) is 5.11 Å². The van der Waals surface area contributed by atoms with Crippen molar-refractivity contribution in [1.29, 1.82) is 0 Å². The van der Waals surface area contributed by atoms with Crippen molar-refractivity contribution >= 4 is 11.8 Å². The molecule has 7 atom stereocenters. The smallest absolute Gasteiger partial charge is 0.303 e. The van der Waals surface area contributed by atoms with Crippen LogP contribution in [0.1, 0.15) is 91.4 Å². The highest BCUT2D eigenvalue weighted by Gasteiger charge is 2.59. The van der Waals surface area contributed by atoms with E-state index in [2.05, 4.69) is 20.8 Å². The van der Waals surface area contributed by atoms with Gasteiger partial charge in [-0.15, -0.1) is 0 Å². The number of allylic oxidation sites excluding steroid dienone is 1. The Morgan fingerprint density at radius 2 is 1.93 bits per heavy atom. The molecule has 0 heterocycles. The van der Waals surface area contributed by atoms with Crippen molar-refractivity contribution < 1.29 is 14.7 Å². The number of fused-ring (bicyclic) bond motifs is 5. The Balaban J connectivity index is 1.50. The van der Waals surface area contributed by atoms with Crippen LogP contribution in [0.2, 0.25) is 0 Å². The Kier molecular flexibility index (Phi) is 5.25. The highest BCUT2D eigenvalue weighted by atomic mass is 16.4. The maximum absolute atomic E-state index is 12.0. The summed E-state index contributed by atoms with van der Waals surface area (Å²) in [6.45, 7) is 7.41. The quantitative estimate of drug-likeness (QED) is 0.628. The van der Waals surface area contributed by atoms with Gasteiger partial charge in [0.05, 0.1) is 0 Å². The molecule has 4 aliphatic rings. The summed E-state index contributed by atoms with van der Waals surface area (Å²) in [4.78, 5) is 22.9. The first-order chi connectivity index (χ1) is 13.3. The average Bonchev–Trinajstić information content (AvgIpc) is 2.99. The molecule has 0 aliphatic heterocycles. The van der Waals surface area contributed by atoms with Gasteiger partial charge < -0.3 is 5.11 Å². The Morgan fingerprint density at radius 1 is 1.14 bits per heavy atom. The first-order valence-electron chi connectivity index (χ1n) is 11.7. The monoisotopic (exact) mass is 386 g/mol. The normalized spacial score (nSPS) is 43.5. The first-order valence-corrected chi connectivity index (χ1v) is 11.7. The van der Waals surface area contributed by atoms with E-state index in [0.29, 0.717) is 23.5 Å². The lowest BCUT2D eigenvalue weighted by Gasteiger charge is -2.58. The van der Waals surface area contributed by atoms with Gasteiger partial charge in [-0.1, -0.05) is 26.3 Å². The third-order valence-corrected chi connectivity index (χ3v) is 9.77. The van der Waals surface area contributed by atoms with Crippen LogP contribution in [0.3, 0.4) is 0 Å². The number of ketones is 1. The van der Waals surface area contributed by atoms with Crippen molar-refractivity contribution in [2.75, 3.05) is 0 Å². The van der Waals surface area contributed by atoms with Gasteiger partial charge in [0, 0.05) is 12.8 Å². The van der Waals surface area contributed by atoms with Crippen LogP contribution in [0.15, 0.2) is 11.6 Å². The Bertz CT molecular complexity index is 679. The minimum absolute atomic E-state index is 0.267. The van der Waals surface area contributed by atoms with Crippen LogP contribution in [0, 0.1) is 40.4 Å². The van der Waals surface area contributed by atoms with Crippen LogP contribution in [0.4, 0.5) is 0 Å². The molecule has 3 nitrogen and oxygen atoms in total. The van der Waals surface area contributed by atoms with Crippen molar-refractivity contribution in [3.8, 4) is 0 Å². The number of hydrogen-bond donors (Lipinski definition) is 1. The fraction of sp³-hybridized carbons (Fsp3) is 0.840. The summed E-state index contributed by atoms with van der Waals surface area (Å²) in [7, 11) is 0. The highest BCUT2D eigenvalue weighted by Crippen LogP contribution is 2.67. The van der Waals surface area contributed by atoms with Crippen LogP contribution in [0.5, 0.6) is 0 Å². The fourth-order valence-corrected chi connectivity index (χ4v) is 8.31. The van der Waals surface area contributed by atoms with E-state index in [1.807, 2.05) is 6.08 Å². The molecule has 1 N–H and O–H groups in total. The van der Waals surface area contributed by atoms with Crippen molar-refractivity contribution in [3.63, 3.8) is 0 Å². The van der Waals surface area contributed by atoms with Crippen LogP contribution < -0.4 is 0 Å². The molecule has 3 saturated carbocycles. The fourth-order valence-electron chi connectivity index (χ4n) is 8.31. The lowest BCUT2D eigenvalue weighted by molar-refractivity contribution is -0.137. The molecule has 0 saturated heterocycles. The summed E-state index contributed by atoms with van der Waals surface area (Å²) in [5.41, 5.74) is 2.17. The van der Waals surface area contributed by atoms with Crippen molar-refractivity contribution in [1.82, 2.24) is 0 Å². The average molecular weight is 387 g/mol. The second-order valence-corrected chi connectivity index (χ2v) is 11.0. The molecule has 0 unspecified atom stereocenters. The number of carbonyl (C=O) groups excluding carboxylic acids is 1. The molecule has 4 rings (SSSR count). The van der Waals surface area contributed by atoms with Gasteiger partial charge in [0.2, 0.25) is 0 Å². The van der Waals surface area contributed by atoms with E-state index in [1.165, 1.54) is 37.7 Å². The van der Waals surface area contributed by atoms with E-state index in [-0.39, 0.29) is 5.41 Å². The molecule has 0 radical (unpaired) electrons. The number of aliphatic carboxylic acids is 1. The van der Waals surface area contributed by atoms with Crippen LogP contribution in [-0.4, -0.2) is 16.9 Å². The SMILES string of the molecule is C[C@H](CCCC(=O)O)[C@H]1CC[C@H]2[C@@H]3CCC4=CC(=O)CC[C@]4(C)[C@H]3CC[C@]12C. The molecule has 3 fully saturated rings. The number of carboxylic acid groups (broad SMARTS) is 1. The van der Waals surface area contributed by atoms with Gasteiger partial charge in [0.15, 0.2) is 5.78 Å². The second kappa shape index (κ2) is 7.29. The second-order valence-electron chi connectivity index (χ2n) is 11.0. The molecule has 4 aliphatic carbocycles. The number of hydrogen-bond acceptors (Lipinski definition) is 2. The zero-order valence-corrected chi connectivity index (χ0v) is 18.0. The van der Waals surface area contributed by atoms with E-state index in [1.54, 1.807) is 0 Å². The Morgan fingerprint density at radius 3 is 2.68 bits per heavy atom. The number of carbonyl (C=O) groups is 2. The van der Waals surface area contributed by atoms with E-state index in [9.17, 15) is 9.59 Å². The molecule has 3 heteroatoms. The molecule has 0 aromatic rings. The van der Waals surface area contributed by atoms with Crippen LogP contribution >= 0.6 is 0 Å². The van der Waals surface area contributed by atoms with E-state index >= 15 is 0 Å². The molecule has 0 bridgehead atoms. The Labute approximate surface area is 170 Å². The molecular formula is C25H38O3. The number of carboxylic acids is 1. The molecule has 0 spiro atoms. The van der Waals surface area contributed by atoms with Crippen molar-refractivity contribution in [3.05, 3.63) is 11.6 Å². The molecule has 28 heavy (non-hydrogen) atoms.